The zero-order chi connectivity index (χ0) is 14.0. The second kappa shape index (κ2) is 6.11. The molecule has 0 bridgehead atoms. The smallest absolute Gasteiger partial charge is 0.0356 e. The van der Waals surface area contributed by atoms with Crippen molar-refractivity contribution in [3.63, 3.8) is 0 Å². The van der Waals surface area contributed by atoms with Crippen LogP contribution >= 0.6 is 0 Å². The maximum absolute atomic E-state index is 6.20. The largest absolute Gasteiger partial charge is 0.329 e. The van der Waals surface area contributed by atoms with Crippen LogP contribution in [0.4, 0.5) is 0 Å². The molecule has 2 saturated heterocycles. The summed E-state index contributed by atoms with van der Waals surface area (Å²) in [6.45, 7) is 16.5. The van der Waals surface area contributed by atoms with Crippen LogP contribution in [0.15, 0.2) is 0 Å². The molecule has 0 aromatic heterocycles. The summed E-state index contributed by atoms with van der Waals surface area (Å²) in [5.41, 5.74) is 6.49. The van der Waals surface area contributed by atoms with Crippen LogP contribution in [-0.2, 0) is 0 Å². The molecule has 0 aliphatic carbocycles. The number of rotatable bonds is 4. The summed E-state index contributed by atoms with van der Waals surface area (Å²) in [4.78, 5) is 5.34. The minimum atomic E-state index is 0.298. The Labute approximate surface area is 119 Å². The van der Waals surface area contributed by atoms with E-state index in [1.54, 1.807) is 0 Å². The van der Waals surface area contributed by atoms with Gasteiger partial charge < -0.3 is 10.6 Å². The van der Waals surface area contributed by atoms with E-state index < -0.39 is 0 Å². The third kappa shape index (κ3) is 3.32. The van der Waals surface area contributed by atoms with Crippen LogP contribution < -0.4 is 5.73 Å². The standard InChI is InChI=1S/C16H33N3/c1-13(2)9-18-7-5-16(12-17,6-8-18)19-10-14(3)15(4)11-19/h13-15H,5-12,17H2,1-4H3. The predicted octanol–water partition coefficient (Wildman–Crippen LogP) is 2.02. The first-order valence-corrected chi connectivity index (χ1v) is 8.14. The fraction of sp³-hybridized carbons (Fsp3) is 1.00. The van der Waals surface area contributed by atoms with Gasteiger partial charge in [0.15, 0.2) is 0 Å². The van der Waals surface area contributed by atoms with Gasteiger partial charge in [-0.15, -0.1) is 0 Å². The summed E-state index contributed by atoms with van der Waals surface area (Å²) in [5, 5.41) is 0. The highest BCUT2D eigenvalue weighted by molar-refractivity contribution is 4.99. The number of likely N-dealkylation sites (tertiary alicyclic amines) is 2. The molecule has 2 aliphatic heterocycles. The Morgan fingerprint density at radius 1 is 1.11 bits per heavy atom. The van der Waals surface area contributed by atoms with Crippen molar-refractivity contribution < 1.29 is 0 Å². The Bertz CT molecular complexity index is 272. The number of hydrogen-bond acceptors (Lipinski definition) is 3. The minimum Gasteiger partial charge on any atom is -0.329 e. The molecule has 3 heteroatoms. The van der Waals surface area contributed by atoms with Gasteiger partial charge in [-0.2, -0.15) is 0 Å². The first-order chi connectivity index (χ1) is 8.97. The van der Waals surface area contributed by atoms with Crippen LogP contribution in [0.1, 0.15) is 40.5 Å². The lowest BCUT2D eigenvalue weighted by atomic mass is 9.85. The first kappa shape index (κ1) is 15.3. The van der Waals surface area contributed by atoms with Crippen molar-refractivity contribution in [2.24, 2.45) is 23.5 Å². The Hall–Kier alpha value is -0.120. The van der Waals surface area contributed by atoms with E-state index in [0.29, 0.717) is 5.54 Å². The highest BCUT2D eigenvalue weighted by Gasteiger charge is 2.42. The lowest BCUT2D eigenvalue weighted by molar-refractivity contribution is 0.0364. The summed E-state index contributed by atoms with van der Waals surface area (Å²) in [6, 6.07) is 0. The summed E-state index contributed by atoms with van der Waals surface area (Å²) >= 11 is 0. The van der Waals surface area contributed by atoms with Gasteiger partial charge in [-0.25, -0.2) is 0 Å². The number of hydrogen-bond donors (Lipinski definition) is 1. The molecular formula is C16H33N3. The van der Waals surface area contributed by atoms with Crippen molar-refractivity contribution in [3.8, 4) is 0 Å². The molecule has 2 rings (SSSR count). The quantitative estimate of drug-likeness (QED) is 0.846. The molecule has 2 unspecified atom stereocenters. The summed E-state index contributed by atoms with van der Waals surface area (Å²) in [6.07, 6.45) is 2.52. The maximum atomic E-state index is 6.20. The van der Waals surface area contributed by atoms with Crippen LogP contribution in [0, 0.1) is 17.8 Å². The van der Waals surface area contributed by atoms with Gasteiger partial charge >= 0.3 is 0 Å². The van der Waals surface area contributed by atoms with Crippen LogP contribution in [0.3, 0.4) is 0 Å². The Morgan fingerprint density at radius 3 is 2.05 bits per heavy atom. The van der Waals surface area contributed by atoms with Crippen LogP contribution in [0.2, 0.25) is 0 Å². The third-order valence-corrected chi connectivity index (χ3v) is 5.45. The monoisotopic (exact) mass is 267 g/mol. The molecule has 0 amide bonds. The highest BCUT2D eigenvalue weighted by atomic mass is 15.3. The van der Waals surface area contributed by atoms with E-state index in [1.165, 1.54) is 45.6 Å². The van der Waals surface area contributed by atoms with Gasteiger partial charge in [-0.1, -0.05) is 27.7 Å². The van der Waals surface area contributed by atoms with Gasteiger partial charge in [0.05, 0.1) is 0 Å². The van der Waals surface area contributed by atoms with Crippen molar-refractivity contribution in [2.45, 2.75) is 46.1 Å². The Kier molecular flexibility index (Phi) is 4.91. The lowest BCUT2D eigenvalue weighted by Gasteiger charge is -2.47. The number of nitrogens with two attached hydrogens (primary N) is 1. The second-order valence-corrected chi connectivity index (χ2v) is 7.48. The SMILES string of the molecule is CC(C)CN1CCC(CN)(N2CC(C)C(C)C2)CC1. The third-order valence-electron chi connectivity index (χ3n) is 5.45. The molecule has 0 aromatic rings. The van der Waals surface area contributed by atoms with Gasteiger partial charge in [0.1, 0.15) is 0 Å². The van der Waals surface area contributed by atoms with E-state index in [1.807, 2.05) is 0 Å². The van der Waals surface area contributed by atoms with E-state index in [2.05, 4.69) is 37.5 Å². The van der Waals surface area contributed by atoms with Crippen LogP contribution in [-0.4, -0.2) is 54.6 Å². The molecule has 3 nitrogen and oxygen atoms in total. The average Bonchev–Trinajstić information content (AvgIpc) is 2.71. The molecule has 2 atom stereocenters. The minimum absolute atomic E-state index is 0.298. The lowest BCUT2D eigenvalue weighted by Crippen LogP contribution is -2.59. The summed E-state index contributed by atoms with van der Waals surface area (Å²) < 4.78 is 0. The van der Waals surface area contributed by atoms with Gasteiger partial charge in [-0.3, -0.25) is 4.90 Å². The molecule has 2 fully saturated rings. The molecule has 112 valence electrons. The molecule has 19 heavy (non-hydrogen) atoms. The normalized spacial score (nSPS) is 33.2. The van der Waals surface area contributed by atoms with Gasteiger partial charge in [-0.05, 0) is 43.7 Å². The highest BCUT2D eigenvalue weighted by Crippen LogP contribution is 2.35. The zero-order valence-corrected chi connectivity index (χ0v) is 13.4. The van der Waals surface area contributed by atoms with E-state index in [9.17, 15) is 0 Å². The fourth-order valence-corrected chi connectivity index (χ4v) is 3.83. The molecule has 0 radical (unpaired) electrons. The molecule has 0 aromatic carbocycles. The first-order valence-electron chi connectivity index (χ1n) is 8.14. The zero-order valence-electron chi connectivity index (χ0n) is 13.4. The number of piperidine rings is 1. The molecule has 0 saturated carbocycles. The Balaban J connectivity index is 1.94. The predicted molar refractivity (Wildman–Crippen MR) is 82.2 cm³/mol. The average molecular weight is 267 g/mol. The van der Waals surface area contributed by atoms with Crippen molar-refractivity contribution in [2.75, 3.05) is 39.3 Å². The van der Waals surface area contributed by atoms with Gasteiger partial charge in [0, 0.05) is 31.7 Å². The molecular weight excluding hydrogens is 234 g/mol. The van der Waals surface area contributed by atoms with Crippen molar-refractivity contribution in [3.05, 3.63) is 0 Å². The van der Waals surface area contributed by atoms with E-state index in [4.69, 9.17) is 5.73 Å². The fourth-order valence-electron chi connectivity index (χ4n) is 3.83. The van der Waals surface area contributed by atoms with Crippen molar-refractivity contribution >= 4 is 0 Å². The maximum Gasteiger partial charge on any atom is 0.0356 e. The summed E-state index contributed by atoms with van der Waals surface area (Å²) in [7, 11) is 0. The van der Waals surface area contributed by atoms with E-state index in [-0.39, 0.29) is 0 Å². The second-order valence-electron chi connectivity index (χ2n) is 7.48. The molecule has 0 spiro atoms. The topological polar surface area (TPSA) is 32.5 Å². The molecule has 2 heterocycles. The Morgan fingerprint density at radius 2 is 1.63 bits per heavy atom. The summed E-state index contributed by atoms with van der Waals surface area (Å²) in [5.74, 6) is 2.44. The van der Waals surface area contributed by atoms with Crippen molar-refractivity contribution in [1.82, 2.24) is 9.80 Å². The van der Waals surface area contributed by atoms with Crippen molar-refractivity contribution in [1.29, 1.82) is 0 Å². The van der Waals surface area contributed by atoms with Gasteiger partial charge in [0.25, 0.3) is 0 Å². The van der Waals surface area contributed by atoms with Crippen LogP contribution in [0.25, 0.3) is 0 Å². The van der Waals surface area contributed by atoms with Gasteiger partial charge in [0.2, 0.25) is 0 Å². The molecule has 2 N–H and O–H groups in total. The van der Waals surface area contributed by atoms with E-state index in [0.717, 1.165) is 24.3 Å². The van der Waals surface area contributed by atoms with E-state index >= 15 is 0 Å². The van der Waals surface area contributed by atoms with Crippen LogP contribution in [0.5, 0.6) is 0 Å². The number of nitrogens with zero attached hydrogens (tertiary/aromatic N) is 2. The molecule has 2 aliphatic rings.